The summed E-state index contributed by atoms with van der Waals surface area (Å²) in [5.41, 5.74) is 7.85. The van der Waals surface area contributed by atoms with Gasteiger partial charge in [-0.2, -0.15) is 0 Å². The molecule has 2 atom stereocenters. The molecule has 2 N–H and O–H groups in total. The number of hydrogen-bond donors (Lipinski definition) is 1. The molecule has 2 heteroatoms. The van der Waals surface area contributed by atoms with Crippen LogP contribution in [0.2, 0.25) is 0 Å². The summed E-state index contributed by atoms with van der Waals surface area (Å²) in [5, 5.41) is 0. The van der Waals surface area contributed by atoms with Gasteiger partial charge in [-0.05, 0) is 43.4 Å². The summed E-state index contributed by atoms with van der Waals surface area (Å²) < 4.78 is 0. The maximum absolute atomic E-state index is 12.4. The average molecular weight is 231 g/mol. The summed E-state index contributed by atoms with van der Waals surface area (Å²) in [4.78, 5) is 12.4. The minimum absolute atomic E-state index is 0.159. The molecule has 1 saturated carbocycles. The molecule has 1 aliphatic carbocycles. The number of Topliss-reactive ketones (excluding diaryl/α,β-unsaturated/α-hetero) is 1. The second-order valence-electron chi connectivity index (χ2n) is 4.95. The van der Waals surface area contributed by atoms with Crippen molar-refractivity contribution in [2.45, 2.75) is 32.6 Å². The van der Waals surface area contributed by atoms with E-state index in [4.69, 9.17) is 5.73 Å². The van der Waals surface area contributed by atoms with Crippen molar-refractivity contribution in [3.8, 4) is 0 Å². The van der Waals surface area contributed by atoms with Crippen molar-refractivity contribution >= 4 is 5.78 Å². The third-order valence-corrected chi connectivity index (χ3v) is 3.92. The molecule has 2 rings (SSSR count). The van der Waals surface area contributed by atoms with Crippen molar-refractivity contribution in [2.75, 3.05) is 6.54 Å². The molecule has 92 valence electrons. The average Bonchev–Trinajstić information content (AvgIpc) is 2.86. The van der Waals surface area contributed by atoms with Gasteiger partial charge in [0.05, 0.1) is 0 Å². The monoisotopic (exact) mass is 231 g/mol. The highest BCUT2D eigenvalue weighted by Gasteiger charge is 2.32. The predicted molar refractivity (Wildman–Crippen MR) is 70.0 cm³/mol. The zero-order valence-electron chi connectivity index (χ0n) is 10.5. The van der Waals surface area contributed by atoms with Gasteiger partial charge in [-0.15, -0.1) is 0 Å². The highest BCUT2D eigenvalue weighted by molar-refractivity contribution is 5.98. The van der Waals surface area contributed by atoms with E-state index in [-0.39, 0.29) is 5.92 Å². The van der Waals surface area contributed by atoms with E-state index in [1.165, 1.54) is 5.56 Å². The van der Waals surface area contributed by atoms with Gasteiger partial charge >= 0.3 is 0 Å². The summed E-state index contributed by atoms with van der Waals surface area (Å²) in [6, 6.07) is 8.03. The third kappa shape index (κ3) is 2.58. The first-order chi connectivity index (χ1) is 8.26. The van der Waals surface area contributed by atoms with Crippen LogP contribution in [0.3, 0.4) is 0 Å². The molecule has 0 amide bonds. The molecule has 0 bridgehead atoms. The predicted octanol–water partition coefficient (Wildman–Crippen LogP) is 2.81. The first kappa shape index (κ1) is 12.3. The van der Waals surface area contributed by atoms with E-state index < -0.39 is 0 Å². The van der Waals surface area contributed by atoms with Crippen LogP contribution in [0.4, 0.5) is 0 Å². The Morgan fingerprint density at radius 3 is 2.94 bits per heavy atom. The van der Waals surface area contributed by atoms with Gasteiger partial charge in [-0.25, -0.2) is 0 Å². The van der Waals surface area contributed by atoms with Crippen LogP contribution in [0.15, 0.2) is 24.3 Å². The highest BCUT2D eigenvalue weighted by Crippen LogP contribution is 2.33. The van der Waals surface area contributed by atoms with Crippen LogP contribution >= 0.6 is 0 Å². The number of rotatable bonds is 4. The highest BCUT2D eigenvalue weighted by atomic mass is 16.1. The fraction of sp³-hybridized carbons (Fsp3) is 0.533. The first-order valence-corrected chi connectivity index (χ1v) is 6.59. The lowest BCUT2D eigenvalue weighted by Gasteiger charge is -2.16. The van der Waals surface area contributed by atoms with E-state index in [2.05, 4.69) is 13.0 Å². The minimum Gasteiger partial charge on any atom is -0.330 e. The summed E-state index contributed by atoms with van der Waals surface area (Å²) in [6.45, 7) is 2.76. The third-order valence-electron chi connectivity index (χ3n) is 3.92. The van der Waals surface area contributed by atoms with Gasteiger partial charge in [0.25, 0.3) is 0 Å². The molecule has 0 heterocycles. The van der Waals surface area contributed by atoms with Crippen LogP contribution in [0.1, 0.15) is 42.1 Å². The van der Waals surface area contributed by atoms with Gasteiger partial charge in [-0.3, -0.25) is 4.79 Å². The van der Waals surface area contributed by atoms with Crippen LogP contribution in [0.5, 0.6) is 0 Å². The zero-order chi connectivity index (χ0) is 12.3. The molecule has 1 fully saturated rings. The number of nitrogens with two attached hydrogens (primary N) is 1. The number of ketones is 1. The van der Waals surface area contributed by atoms with Crippen molar-refractivity contribution in [3.05, 3.63) is 35.4 Å². The van der Waals surface area contributed by atoms with E-state index in [9.17, 15) is 4.79 Å². The lowest BCUT2D eigenvalue weighted by Crippen LogP contribution is -2.25. The number of aryl methyl sites for hydroxylation is 1. The Balaban J connectivity index is 2.18. The molecule has 1 aromatic carbocycles. The first-order valence-electron chi connectivity index (χ1n) is 6.59. The quantitative estimate of drug-likeness (QED) is 0.810. The lowest BCUT2D eigenvalue weighted by molar-refractivity contribution is 0.0893. The zero-order valence-corrected chi connectivity index (χ0v) is 10.5. The maximum atomic E-state index is 12.4. The SMILES string of the molecule is CCc1cccc(C(=O)C2CCCC2CN)c1. The Morgan fingerprint density at radius 1 is 1.41 bits per heavy atom. The minimum atomic E-state index is 0.159. The van der Waals surface area contributed by atoms with Gasteiger partial charge in [0, 0.05) is 11.5 Å². The molecular formula is C15H21NO. The van der Waals surface area contributed by atoms with Gasteiger partial charge in [0.1, 0.15) is 0 Å². The fourth-order valence-electron chi connectivity index (χ4n) is 2.82. The Hall–Kier alpha value is -1.15. The van der Waals surface area contributed by atoms with Gasteiger partial charge in [-0.1, -0.05) is 31.5 Å². The van der Waals surface area contributed by atoms with Gasteiger partial charge in [0.15, 0.2) is 5.78 Å². The summed E-state index contributed by atoms with van der Waals surface area (Å²) >= 11 is 0. The molecule has 0 saturated heterocycles. The largest absolute Gasteiger partial charge is 0.330 e. The molecule has 0 aromatic heterocycles. The molecule has 2 unspecified atom stereocenters. The number of hydrogen-bond acceptors (Lipinski definition) is 2. The Bertz CT molecular complexity index is 400. The maximum Gasteiger partial charge on any atom is 0.166 e. The van der Waals surface area contributed by atoms with E-state index in [0.717, 1.165) is 31.2 Å². The molecule has 2 nitrogen and oxygen atoms in total. The number of carbonyl (C=O) groups excluding carboxylic acids is 1. The van der Waals surface area contributed by atoms with Crippen molar-refractivity contribution in [1.82, 2.24) is 0 Å². The van der Waals surface area contributed by atoms with Crippen LogP contribution in [0, 0.1) is 11.8 Å². The smallest absolute Gasteiger partial charge is 0.166 e. The molecule has 0 spiro atoms. The summed E-state index contributed by atoms with van der Waals surface area (Å²) in [7, 11) is 0. The van der Waals surface area contributed by atoms with Crippen LogP contribution in [-0.2, 0) is 6.42 Å². The lowest BCUT2D eigenvalue weighted by atomic mass is 9.88. The van der Waals surface area contributed by atoms with E-state index in [0.29, 0.717) is 18.2 Å². The number of carbonyl (C=O) groups is 1. The molecule has 1 aliphatic rings. The van der Waals surface area contributed by atoms with Crippen LogP contribution in [0.25, 0.3) is 0 Å². The molecule has 0 aliphatic heterocycles. The Labute approximate surface area is 103 Å². The van der Waals surface area contributed by atoms with Crippen molar-refractivity contribution in [1.29, 1.82) is 0 Å². The second kappa shape index (κ2) is 5.46. The summed E-state index contributed by atoms with van der Waals surface area (Å²) in [6.07, 6.45) is 4.25. The molecule has 1 aromatic rings. The molecule has 17 heavy (non-hydrogen) atoms. The summed E-state index contributed by atoms with van der Waals surface area (Å²) in [5.74, 6) is 0.855. The topological polar surface area (TPSA) is 43.1 Å². The van der Waals surface area contributed by atoms with E-state index in [1.54, 1.807) is 0 Å². The van der Waals surface area contributed by atoms with Crippen molar-refractivity contribution < 1.29 is 4.79 Å². The normalized spacial score (nSPS) is 23.9. The second-order valence-corrected chi connectivity index (χ2v) is 4.95. The van der Waals surface area contributed by atoms with Gasteiger partial charge in [0.2, 0.25) is 0 Å². The Kier molecular flexibility index (Phi) is 3.95. The van der Waals surface area contributed by atoms with E-state index >= 15 is 0 Å². The standard InChI is InChI=1S/C15H21NO/c1-2-11-5-3-6-12(9-11)15(17)14-8-4-7-13(14)10-16/h3,5-6,9,13-14H,2,4,7-8,10,16H2,1H3. The van der Waals surface area contributed by atoms with Gasteiger partial charge < -0.3 is 5.73 Å². The van der Waals surface area contributed by atoms with Crippen molar-refractivity contribution in [2.24, 2.45) is 17.6 Å². The van der Waals surface area contributed by atoms with Crippen LogP contribution < -0.4 is 5.73 Å². The number of benzene rings is 1. The van der Waals surface area contributed by atoms with Crippen LogP contribution in [-0.4, -0.2) is 12.3 Å². The molecular weight excluding hydrogens is 210 g/mol. The fourth-order valence-corrected chi connectivity index (χ4v) is 2.82. The molecule has 0 radical (unpaired) electrons. The van der Waals surface area contributed by atoms with E-state index in [1.807, 2.05) is 18.2 Å². The van der Waals surface area contributed by atoms with Crippen molar-refractivity contribution in [3.63, 3.8) is 0 Å². The Morgan fingerprint density at radius 2 is 2.24 bits per heavy atom.